The Morgan fingerprint density at radius 1 is 1.53 bits per heavy atom. The van der Waals surface area contributed by atoms with E-state index in [1.807, 2.05) is 6.20 Å². The minimum absolute atomic E-state index is 0.708. The Kier molecular flexibility index (Phi) is 3.07. The van der Waals surface area contributed by atoms with Gasteiger partial charge in [0.1, 0.15) is 10.3 Å². The summed E-state index contributed by atoms with van der Waals surface area (Å²) < 4.78 is 3.10. The maximum absolute atomic E-state index is 5.49. The van der Waals surface area contributed by atoms with Crippen LogP contribution < -0.4 is 5.73 Å². The number of imidazole rings is 1. The SMILES string of the molecule is Cc1ccn2c(Br)c(CCCN)nc2c1. The van der Waals surface area contributed by atoms with Crippen LogP contribution in [0, 0.1) is 6.92 Å². The fourth-order valence-corrected chi connectivity index (χ4v) is 2.18. The second-order valence-corrected chi connectivity index (χ2v) is 4.42. The molecular weight excluding hydrogens is 254 g/mol. The molecule has 0 unspecified atom stereocenters. The molecule has 0 saturated carbocycles. The number of fused-ring (bicyclic) bond motifs is 1. The van der Waals surface area contributed by atoms with Gasteiger partial charge in [-0.3, -0.25) is 4.40 Å². The fourth-order valence-electron chi connectivity index (χ4n) is 1.59. The summed E-state index contributed by atoms with van der Waals surface area (Å²) in [7, 11) is 0. The minimum Gasteiger partial charge on any atom is -0.330 e. The molecule has 2 rings (SSSR count). The van der Waals surface area contributed by atoms with Gasteiger partial charge in [0.2, 0.25) is 0 Å². The summed E-state index contributed by atoms with van der Waals surface area (Å²) in [6.45, 7) is 2.78. The first-order chi connectivity index (χ1) is 7.22. The molecule has 3 nitrogen and oxygen atoms in total. The molecule has 0 radical (unpaired) electrons. The van der Waals surface area contributed by atoms with Crippen LogP contribution in [0.3, 0.4) is 0 Å². The van der Waals surface area contributed by atoms with Gasteiger partial charge in [0, 0.05) is 6.20 Å². The van der Waals surface area contributed by atoms with Gasteiger partial charge in [-0.25, -0.2) is 4.98 Å². The first-order valence-corrected chi connectivity index (χ1v) is 5.85. The highest BCUT2D eigenvalue weighted by Gasteiger charge is 2.08. The van der Waals surface area contributed by atoms with Crippen LogP contribution in [0.25, 0.3) is 5.65 Å². The second kappa shape index (κ2) is 4.33. The predicted octanol–water partition coefficient (Wildman–Crippen LogP) is 2.30. The van der Waals surface area contributed by atoms with Gasteiger partial charge in [0.15, 0.2) is 0 Å². The fraction of sp³-hybridized carbons (Fsp3) is 0.364. The van der Waals surface area contributed by atoms with Crippen molar-refractivity contribution in [1.29, 1.82) is 0 Å². The Morgan fingerprint density at radius 2 is 2.33 bits per heavy atom. The summed E-state index contributed by atoms with van der Waals surface area (Å²) >= 11 is 3.57. The van der Waals surface area contributed by atoms with E-state index in [-0.39, 0.29) is 0 Å². The lowest BCUT2D eigenvalue weighted by Crippen LogP contribution is -2.00. The molecule has 0 aliphatic carbocycles. The lowest BCUT2D eigenvalue weighted by molar-refractivity contribution is 0.812. The number of rotatable bonds is 3. The standard InChI is InChI=1S/C11H14BrN3/c1-8-4-6-15-10(7-8)14-9(11(15)12)3-2-5-13/h4,6-7H,2-3,5,13H2,1H3. The number of nitrogens with two attached hydrogens (primary N) is 1. The Morgan fingerprint density at radius 3 is 3.07 bits per heavy atom. The largest absolute Gasteiger partial charge is 0.330 e. The molecule has 0 aromatic carbocycles. The highest BCUT2D eigenvalue weighted by Crippen LogP contribution is 2.20. The summed E-state index contributed by atoms with van der Waals surface area (Å²) in [4.78, 5) is 4.57. The third-order valence-electron chi connectivity index (χ3n) is 2.41. The lowest BCUT2D eigenvalue weighted by atomic mass is 10.2. The summed E-state index contributed by atoms with van der Waals surface area (Å²) in [5.74, 6) is 0. The van der Waals surface area contributed by atoms with E-state index in [4.69, 9.17) is 5.73 Å². The van der Waals surface area contributed by atoms with E-state index in [0.29, 0.717) is 6.54 Å². The number of halogens is 1. The molecule has 0 spiro atoms. The molecule has 15 heavy (non-hydrogen) atoms. The molecule has 2 aromatic rings. The maximum atomic E-state index is 5.49. The zero-order chi connectivity index (χ0) is 10.8. The first-order valence-electron chi connectivity index (χ1n) is 5.05. The van der Waals surface area contributed by atoms with Crippen LogP contribution >= 0.6 is 15.9 Å². The third-order valence-corrected chi connectivity index (χ3v) is 3.25. The smallest absolute Gasteiger partial charge is 0.138 e. The Balaban J connectivity index is 2.44. The van der Waals surface area contributed by atoms with Crippen LogP contribution in [-0.2, 0) is 6.42 Å². The van der Waals surface area contributed by atoms with E-state index in [2.05, 4.69) is 44.4 Å². The van der Waals surface area contributed by atoms with Crippen molar-refractivity contribution in [2.24, 2.45) is 5.73 Å². The first kappa shape index (κ1) is 10.6. The van der Waals surface area contributed by atoms with Crippen molar-refractivity contribution in [3.8, 4) is 0 Å². The molecule has 0 aliphatic rings. The van der Waals surface area contributed by atoms with E-state index in [1.54, 1.807) is 0 Å². The zero-order valence-corrected chi connectivity index (χ0v) is 10.3. The van der Waals surface area contributed by atoms with Gasteiger partial charge in [0.25, 0.3) is 0 Å². The van der Waals surface area contributed by atoms with Crippen LogP contribution in [0.2, 0.25) is 0 Å². The topological polar surface area (TPSA) is 43.3 Å². The van der Waals surface area contributed by atoms with Gasteiger partial charge in [-0.2, -0.15) is 0 Å². The molecule has 2 aromatic heterocycles. The molecule has 0 saturated heterocycles. The van der Waals surface area contributed by atoms with Crippen LogP contribution in [0.15, 0.2) is 22.9 Å². The molecule has 0 atom stereocenters. The third kappa shape index (κ3) is 2.06. The average molecular weight is 268 g/mol. The normalized spacial score (nSPS) is 11.1. The molecule has 80 valence electrons. The van der Waals surface area contributed by atoms with Crippen molar-refractivity contribution in [3.05, 3.63) is 34.2 Å². The molecule has 4 heteroatoms. The van der Waals surface area contributed by atoms with E-state index >= 15 is 0 Å². The number of aromatic nitrogens is 2. The maximum Gasteiger partial charge on any atom is 0.138 e. The Labute approximate surface area is 97.4 Å². The van der Waals surface area contributed by atoms with Crippen LogP contribution in [0.1, 0.15) is 17.7 Å². The molecule has 2 N–H and O–H groups in total. The number of hydrogen-bond donors (Lipinski definition) is 1. The van der Waals surface area contributed by atoms with Gasteiger partial charge in [0.05, 0.1) is 5.69 Å². The van der Waals surface area contributed by atoms with Gasteiger partial charge in [-0.05, 0) is 59.9 Å². The number of nitrogens with zero attached hydrogens (tertiary/aromatic N) is 2. The van der Waals surface area contributed by atoms with Crippen molar-refractivity contribution in [3.63, 3.8) is 0 Å². The number of hydrogen-bond acceptors (Lipinski definition) is 2. The molecule has 0 fully saturated rings. The molecule has 0 bridgehead atoms. The lowest BCUT2D eigenvalue weighted by Gasteiger charge is -1.96. The second-order valence-electron chi connectivity index (χ2n) is 3.67. The Bertz CT molecular complexity index is 476. The minimum atomic E-state index is 0.708. The van der Waals surface area contributed by atoms with Gasteiger partial charge in [-0.1, -0.05) is 0 Å². The summed E-state index contributed by atoms with van der Waals surface area (Å²) in [5.41, 5.74) is 8.81. The summed E-state index contributed by atoms with van der Waals surface area (Å²) in [5, 5.41) is 0. The summed E-state index contributed by atoms with van der Waals surface area (Å²) in [6, 6.07) is 4.16. The van der Waals surface area contributed by atoms with Gasteiger partial charge in [-0.15, -0.1) is 0 Å². The highest BCUT2D eigenvalue weighted by atomic mass is 79.9. The van der Waals surface area contributed by atoms with E-state index in [9.17, 15) is 0 Å². The zero-order valence-electron chi connectivity index (χ0n) is 8.70. The predicted molar refractivity (Wildman–Crippen MR) is 65.0 cm³/mol. The quantitative estimate of drug-likeness (QED) is 0.928. The van der Waals surface area contributed by atoms with Crippen molar-refractivity contribution in [1.82, 2.24) is 9.38 Å². The molecular formula is C11H14BrN3. The van der Waals surface area contributed by atoms with E-state index in [0.717, 1.165) is 28.8 Å². The Hall–Kier alpha value is -0.870. The van der Waals surface area contributed by atoms with E-state index in [1.165, 1.54) is 5.56 Å². The van der Waals surface area contributed by atoms with Crippen LogP contribution in [0.4, 0.5) is 0 Å². The number of aryl methyl sites for hydroxylation is 2. The van der Waals surface area contributed by atoms with E-state index < -0.39 is 0 Å². The van der Waals surface area contributed by atoms with Crippen LogP contribution in [0.5, 0.6) is 0 Å². The molecule has 0 aliphatic heterocycles. The van der Waals surface area contributed by atoms with Gasteiger partial charge < -0.3 is 5.73 Å². The summed E-state index contributed by atoms with van der Waals surface area (Å²) in [6.07, 6.45) is 3.94. The van der Waals surface area contributed by atoms with Gasteiger partial charge >= 0.3 is 0 Å². The number of pyridine rings is 1. The average Bonchev–Trinajstić information content (AvgIpc) is 2.52. The van der Waals surface area contributed by atoms with Crippen molar-refractivity contribution >= 4 is 21.6 Å². The monoisotopic (exact) mass is 267 g/mol. The van der Waals surface area contributed by atoms with Crippen molar-refractivity contribution < 1.29 is 0 Å². The molecule has 0 amide bonds. The highest BCUT2D eigenvalue weighted by molar-refractivity contribution is 9.10. The van der Waals surface area contributed by atoms with Crippen molar-refractivity contribution in [2.75, 3.05) is 6.54 Å². The molecule has 2 heterocycles. The van der Waals surface area contributed by atoms with Crippen LogP contribution in [-0.4, -0.2) is 15.9 Å². The van der Waals surface area contributed by atoms with Crippen molar-refractivity contribution in [2.45, 2.75) is 19.8 Å².